The standard InChI is InChI=1S/C11H14N4S2/c1-7(2)10-12-13-11-15(10)14-8(6-17-11)9-4-3-5-16-9/h3-5,7-8,14H,6H2,1-2H3. The molecule has 0 bridgehead atoms. The molecule has 0 aromatic carbocycles. The maximum Gasteiger partial charge on any atom is 0.210 e. The molecule has 4 nitrogen and oxygen atoms in total. The summed E-state index contributed by atoms with van der Waals surface area (Å²) in [4.78, 5) is 1.37. The largest absolute Gasteiger partial charge is 0.313 e. The molecule has 1 unspecified atom stereocenters. The third kappa shape index (κ3) is 1.95. The van der Waals surface area contributed by atoms with Crippen molar-refractivity contribution in [1.82, 2.24) is 14.9 Å². The zero-order valence-corrected chi connectivity index (χ0v) is 11.4. The maximum atomic E-state index is 4.25. The van der Waals surface area contributed by atoms with Crippen LogP contribution >= 0.6 is 23.1 Å². The number of aromatic nitrogens is 3. The van der Waals surface area contributed by atoms with E-state index in [9.17, 15) is 0 Å². The first-order chi connectivity index (χ1) is 8.25. The quantitative estimate of drug-likeness (QED) is 0.907. The van der Waals surface area contributed by atoms with E-state index in [4.69, 9.17) is 0 Å². The zero-order valence-electron chi connectivity index (χ0n) is 9.75. The van der Waals surface area contributed by atoms with Crippen LogP contribution < -0.4 is 5.43 Å². The second kappa shape index (κ2) is 4.34. The number of hydrogen-bond donors (Lipinski definition) is 1. The Balaban J connectivity index is 1.91. The molecule has 0 saturated carbocycles. The van der Waals surface area contributed by atoms with Crippen LogP contribution in [0.1, 0.15) is 36.5 Å². The van der Waals surface area contributed by atoms with Gasteiger partial charge in [-0.15, -0.1) is 21.5 Å². The predicted octanol–water partition coefficient (Wildman–Crippen LogP) is 2.85. The Kier molecular flexibility index (Phi) is 2.84. The number of nitrogens with zero attached hydrogens (tertiary/aromatic N) is 3. The van der Waals surface area contributed by atoms with E-state index in [1.165, 1.54) is 4.88 Å². The van der Waals surface area contributed by atoms with Gasteiger partial charge >= 0.3 is 0 Å². The van der Waals surface area contributed by atoms with Gasteiger partial charge in [0.25, 0.3) is 0 Å². The van der Waals surface area contributed by atoms with E-state index >= 15 is 0 Å². The van der Waals surface area contributed by atoms with Crippen LogP contribution in [0.15, 0.2) is 22.7 Å². The molecule has 17 heavy (non-hydrogen) atoms. The van der Waals surface area contributed by atoms with E-state index in [-0.39, 0.29) is 0 Å². The second-order valence-electron chi connectivity index (χ2n) is 4.34. The summed E-state index contributed by atoms with van der Waals surface area (Å²) in [6.07, 6.45) is 0. The minimum Gasteiger partial charge on any atom is -0.313 e. The van der Waals surface area contributed by atoms with E-state index < -0.39 is 0 Å². The van der Waals surface area contributed by atoms with E-state index in [1.54, 1.807) is 23.1 Å². The smallest absolute Gasteiger partial charge is 0.210 e. The summed E-state index contributed by atoms with van der Waals surface area (Å²) < 4.78 is 2.04. The summed E-state index contributed by atoms with van der Waals surface area (Å²) >= 11 is 3.56. The minimum absolute atomic E-state index is 0.362. The number of thioether (sulfide) groups is 1. The van der Waals surface area contributed by atoms with Crippen LogP contribution in [-0.2, 0) is 0 Å². The highest BCUT2D eigenvalue weighted by Crippen LogP contribution is 2.32. The molecule has 2 aromatic rings. The fourth-order valence-corrected chi connectivity index (χ4v) is 3.68. The molecule has 1 aliphatic heterocycles. The first kappa shape index (κ1) is 11.1. The molecular weight excluding hydrogens is 252 g/mol. The first-order valence-corrected chi connectivity index (χ1v) is 7.50. The molecule has 1 atom stereocenters. The third-order valence-corrected chi connectivity index (χ3v) is 4.73. The van der Waals surface area contributed by atoms with Crippen molar-refractivity contribution in [1.29, 1.82) is 0 Å². The lowest BCUT2D eigenvalue weighted by atomic mass is 10.2. The fraction of sp³-hybridized carbons (Fsp3) is 0.455. The summed E-state index contributed by atoms with van der Waals surface area (Å²) in [5, 5.41) is 11.5. The van der Waals surface area contributed by atoms with Crippen molar-refractivity contribution in [3.05, 3.63) is 28.2 Å². The van der Waals surface area contributed by atoms with Gasteiger partial charge in [0.05, 0.1) is 6.04 Å². The van der Waals surface area contributed by atoms with Crippen molar-refractivity contribution < 1.29 is 0 Å². The van der Waals surface area contributed by atoms with E-state index in [2.05, 4.69) is 47.0 Å². The molecule has 3 rings (SSSR count). The van der Waals surface area contributed by atoms with Gasteiger partial charge < -0.3 is 5.43 Å². The number of fused-ring (bicyclic) bond motifs is 1. The highest BCUT2D eigenvalue weighted by Gasteiger charge is 2.25. The van der Waals surface area contributed by atoms with Crippen molar-refractivity contribution >= 4 is 23.1 Å². The Bertz CT molecular complexity index is 504. The summed E-state index contributed by atoms with van der Waals surface area (Å²) in [6.45, 7) is 4.27. The summed E-state index contributed by atoms with van der Waals surface area (Å²) in [6, 6.07) is 4.63. The molecule has 0 aliphatic carbocycles. The molecule has 0 amide bonds. The predicted molar refractivity (Wildman–Crippen MR) is 71.3 cm³/mol. The van der Waals surface area contributed by atoms with Crippen molar-refractivity contribution in [3.63, 3.8) is 0 Å². The SMILES string of the molecule is CC(C)c1nnc2n1NC(c1cccs1)CS2. The minimum atomic E-state index is 0.362. The molecule has 1 N–H and O–H groups in total. The molecule has 0 spiro atoms. The van der Waals surface area contributed by atoms with Gasteiger partial charge in [0.1, 0.15) is 0 Å². The van der Waals surface area contributed by atoms with Gasteiger partial charge in [-0.1, -0.05) is 31.7 Å². The van der Waals surface area contributed by atoms with Gasteiger partial charge in [-0.05, 0) is 11.4 Å². The molecule has 1 aliphatic rings. The number of thiophene rings is 1. The molecule has 3 heterocycles. The van der Waals surface area contributed by atoms with E-state index in [0.717, 1.165) is 16.7 Å². The molecular formula is C11H14N4S2. The van der Waals surface area contributed by atoms with Crippen molar-refractivity contribution in [3.8, 4) is 0 Å². The van der Waals surface area contributed by atoms with Crippen LogP contribution in [0.4, 0.5) is 0 Å². The fourth-order valence-electron chi connectivity index (χ4n) is 1.86. The Labute approximate surface area is 108 Å². The van der Waals surface area contributed by atoms with Crippen LogP contribution in [-0.4, -0.2) is 20.6 Å². The number of rotatable bonds is 2. The van der Waals surface area contributed by atoms with Crippen molar-refractivity contribution in [2.24, 2.45) is 0 Å². The Morgan fingerprint density at radius 3 is 3.06 bits per heavy atom. The topological polar surface area (TPSA) is 42.7 Å². The van der Waals surface area contributed by atoms with Gasteiger partial charge in [0.2, 0.25) is 5.16 Å². The maximum absolute atomic E-state index is 4.25. The highest BCUT2D eigenvalue weighted by atomic mass is 32.2. The molecule has 90 valence electrons. The lowest BCUT2D eigenvalue weighted by molar-refractivity contribution is 0.615. The third-order valence-electron chi connectivity index (χ3n) is 2.73. The van der Waals surface area contributed by atoms with Crippen LogP contribution in [0.2, 0.25) is 0 Å². The van der Waals surface area contributed by atoms with Crippen molar-refractivity contribution in [2.75, 3.05) is 11.2 Å². The monoisotopic (exact) mass is 266 g/mol. The average molecular weight is 266 g/mol. The Morgan fingerprint density at radius 2 is 2.35 bits per heavy atom. The molecule has 2 aromatic heterocycles. The molecule has 0 fully saturated rings. The molecule has 6 heteroatoms. The summed E-state index contributed by atoms with van der Waals surface area (Å²) in [5.74, 6) is 2.40. The average Bonchev–Trinajstić information content (AvgIpc) is 2.97. The van der Waals surface area contributed by atoms with Gasteiger partial charge in [0.15, 0.2) is 5.82 Å². The van der Waals surface area contributed by atoms with Crippen LogP contribution in [0.25, 0.3) is 0 Å². The van der Waals surface area contributed by atoms with Crippen LogP contribution in [0, 0.1) is 0 Å². The number of nitrogens with one attached hydrogen (secondary N) is 1. The summed E-state index contributed by atoms with van der Waals surface area (Å²) in [7, 11) is 0. The highest BCUT2D eigenvalue weighted by molar-refractivity contribution is 7.99. The first-order valence-electron chi connectivity index (χ1n) is 5.63. The van der Waals surface area contributed by atoms with E-state index in [1.807, 2.05) is 4.68 Å². The van der Waals surface area contributed by atoms with Gasteiger partial charge in [-0.2, -0.15) is 0 Å². The lowest BCUT2D eigenvalue weighted by Crippen LogP contribution is -2.28. The van der Waals surface area contributed by atoms with Crippen LogP contribution in [0.3, 0.4) is 0 Å². The Morgan fingerprint density at radius 1 is 1.47 bits per heavy atom. The van der Waals surface area contributed by atoms with E-state index in [0.29, 0.717) is 12.0 Å². The zero-order chi connectivity index (χ0) is 11.8. The Hall–Kier alpha value is -1.01. The van der Waals surface area contributed by atoms with Crippen LogP contribution in [0.5, 0.6) is 0 Å². The number of hydrogen-bond acceptors (Lipinski definition) is 5. The van der Waals surface area contributed by atoms with Crippen molar-refractivity contribution in [2.45, 2.75) is 31.0 Å². The summed E-state index contributed by atoms with van der Waals surface area (Å²) in [5.41, 5.74) is 3.51. The lowest BCUT2D eigenvalue weighted by Gasteiger charge is -2.25. The van der Waals surface area contributed by atoms with Gasteiger partial charge in [-0.3, -0.25) is 0 Å². The second-order valence-corrected chi connectivity index (χ2v) is 6.31. The van der Waals surface area contributed by atoms with Gasteiger partial charge in [0, 0.05) is 16.5 Å². The molecule has 0 radical (unpaired) electrons. The normalized spacial score (nSPS) is 19.1. The molecule has 0 saturated heterocycles. The van der Waals surface area contributed by atoms with Gasteiger partial charge in [-0.25, -0.2) is 4.68 Å².